The van der Waals surface area contributed by atoms with Crippen LogP contribution < -0.4 is 5.32 Å². The van der Waals surface area contributed by atoms with E-state index >= 15 is 0 Å². The van der Waals surface area contributed by atoms with Gasteiger partial charge in [0.05, 0.1) is 0 Å². The van der Waals surface area contributed by atoms with E-state index in [-0.39, 0.29) is 5.54 Å². The van der Waals surface area contributed by atoms with Crippen molar-refractivity contribution in [1.82, 2.24) is 5.32 Å². The third kappa shape index (κ3) is 6.77. The third-order valence-corrected chi connectivity index (χ3v) is 3.79. The molecule has 0 bridgehead atoms. The van der Waals surface area contributed by atoms with Crippen LogP contribution in [0.1, 0.15) is 57.2 Å². The van der Waals surface area contributed by atoms with Crippen molar-refractivity contribution in [3.8, 4) is 0 Å². The SMILES string of the molecule is Cc1ccc(CCC(C)CCNC(C)(C)C)cc1C. The predicted octanol–water partition coefficient (Wildman–Crippen LogP) is 4.65. The molecular formula is C18H31N. The van der Waals surface area contributed by atoms with Gasteiger partial charge in [0.1, 0.15) is 0 Å². The summed E-state index contributed by atoms with van der Waals surface area (Å²) in [5.74, 6) is 0.788. The van der Waals surface area contributed by atoms with E-state index in [4.69, 9.17) is 0 Å². The Bertz CT molecular complexity index is 387. The van der Waals surface area contributed by atoms with E-state index in [2.05, 4.69) is 65.1 Å². The Balaban J connectivity index is 2.29. The van der Waals surface area contributed by atoms with E-state index < -0.39 is 0 Å². The highest BCUT2D eigenvalue weighted by Gasteiger charge is 2.09. The second kappa shape index (κ2) is 7.09. The summed E-state index contributed by atoms with van der Waals surface area (Å²) in [4.78, 5) is 0. The maximum absolute atomic E-state index is 3.57. The Hall–Kier alpha value is -0.820. The molecule has 0 amide bonds. The van der Waals surface area contributed by atoms with Crippen molar-refractivity contribution in [2.45, 2.75) is 66.3 Å². The maximum Gasteiger partial charge on any atom is 0.00965 e. The van der Waals surface area contributed by atoms with E-state index in [1.54, 1.807) is 0 Å². The van der Waals surface area contributed by atoms with E-state index in [0.29, 0.717) is 0 Å². The molecule has 0 heterocycles. The van der Waals surface area contributed by atoms with Crippen LogP contribution in [0.25, 0.3) is 0 Å². The molecule has 1 atom stereocenters. The molecule has 1 aromatic rings. The van der Waals surface area contributed by atoms with Gasteiger partial charge in [-0.1, -0.05) is 25.1 Å². The van der Waals surface area contributed by atoms with Crippen molar-refractivity contribution < 1.29 is 0 Å². The van der Waals surface area contributed by atoms with Gasteiger partial charge in [-0.25, -0.2) is 0 Å². The minimum atomic E-state index is 0.244. The van der Waals surface area contributed by atoms with Crippen LogP contribution in [0.5, 0.6) is 0 Å². The Morgan fingerprint density at radius 2 is 1.74 bits per heavy atom. The average Bonchev–Trinajstić information content (AvgIpc) is 2.29. The molecule has 1 aromatic carbocycles. The maximum atomic E-state index is 3.57. The minimum Gasteiger partial charge on any atom is -0.312 e. The van der Waals surface area contributed by atoms with Gasteiger partial charge < -0.3 is 5.32 Å². The van der Waals surface area contributed by atoms with Gasteiger partial charge in [-0.2, -0.15) is 0 Å². The lowest BCUT2D eigenvalue weighted by Crippen LogP contribution is -2.36. The number of rotatable bonds is 6. The molecule has 0 radical (unpaired) electrons. The first-order chi connectivity index (χ1) is 8.78. The molecule has 1 rings (SSSR count). The Morgan fingerprint density at radius 3 is 2.32 bits per heavy atom. The first kappa shape index (κ1) is 16.2. The molecule has 0 saturated heterocycles. The number of hydrogen-bond acceptors (Lipinski definition) is 1. The van der Waals surface area contributed by atoms with Crippen molar-refractivity contribution in [2.24, 2.45) is 5.92 Å². The summed E-state index contributed by atoms with van der Waals surface area (Å²) in [6, 6.07) is 6.87. The first-order valence-corrected chi connectivity index (χ1v) is 7.59. The van der Waals surface area contributed by atoms with Crippen molar-refractivity contribution in [3.63, 3.8) is 0 Å². The van der Waals surface area contributed by atoms with Crippen molar-refractivity contribution in [2.75, 3.05) is 6.54 Å². The topological polar surface area (TPSA) is 12.0 Å². The average molecular weight is 261 g/mol. The fraction of sp³-hybridized carbons (Fsp3) is 0.667. The largest absolute Gasteiger partial charge is 0.312 e. The van der Waals surface area contributed by atoms with Crippen LogP contribution in [0, 0.1) is 19.8 Å². The standard InChI is InChI=1S/C18H31N/c1-14(11-12-19-18(4,5)6)7-9-17-10-8-15(2)16(3)13-17/h8,10,13-14,19H,7,9,11-12H2,1-6H3. The summed E-state index contributed by atoms with van der Waals surface area (Å²) in [6.07, 6.45) is 3.76. The number of benzene rings is 1. The Kier molecular flexibility index (Phi) is 6.06. The molecule has 1 unspecified atom stereocenters. The van der Waals surface area contributed by atoms with Crippen LogP contribution >= 0.6 is 0 Å². The van der Waals surface area contributed by atoms with Crippen molar-refractivity contribution in [3.05, 3.63) is 34.9 Å². The minimum absolute atomic E-state index is 0.244. The summed E-state index contributed by atoms with van der Waals surface area (Å²) in [5, 5.41) is 3.57. The van der Waals surface area contributed by atoms with Gasteiger partial charge in [0.25, 0.3) is 0 Å². The molecular weight excluding hydrogens is 230 g/mol. The lowest BCUT2D eigenvalue weighted by Gasteiger charge is -2.22. The van der Waals surface area contributed by atoms with Gasteiger partial charge in [0.2, 0.25) is 0 Å². The summed E-state index contributed by atoms with van der Waals surface area (Å²) < 4.78 is 0. The molecule has 0 spiro atoms. The predicted molar refractivity (Wildman–Crippen MR) is 85.8 cm³/mol. The third-order valence-electron chi connectivity index (χ3n) is 3.79. The highest BCUT2D eigenvalue weighted by molar-refractivity contribution is 5.29. The molecule has 0 saturated carbocycles. The summed E-state index contributed by atoms with van der Waals surface area (Å²) in [7, 11) is 0. The second-order valence-corrected chi connectivity index (χ2v) is 7.03. The number of hydrogen-bond donors (Lipinski definition) is 1. The molecule has 0 aliphatic rings. The van der Waals surface area contributed by atoms with Gasteiger partial charge in [0, 0.05) is 5.54 Å². The molecule has 0 fully saturated rings. The van der Waals surface area contributed by atoms with E-state index in [1.807, 2.05) is 0 Å². The quantitative estimate of drug-likeness (QED) is 0.786. The Labute approximate surface area is 119 Å². The van der Waals surface area contributed by atoms with E-state index in [0.717, 1.165) is 12.5 Å². The lowest BCUT2D eigenvalue weighted by atomic mass is 9.96. The van der Waals surface area contributed by atoms with Gasteiger partial charge in [-0.15, -0.1) is 0 Å². The van der Waals surface area contributed by atoms with Crippen LogP contribution in [-0.4, -0.2) is 12.1 Å². The van der Waals surface area contributed by atoms with Crippen LogP contribution in [0.3, 0.4) is 0 Å². The van der Waals surface area contributed by atoms with Gasteiger partial charge in [0.15, 0.2) is 0 Å². The van der Waals surface area contributed by atoms with Gasteiger partial charge >= 0.3 is 0 Å². The first-order valence-electron chi connectivity index (χ1n) is 7.59. The zero-order valence-electron chi connectivity index (χ0n) is 13.6. The zero-order chi connectivity index (χ0) is 14.5. The highest BCUT2D eigenvalue weighted by atomic mass is 14.9. The zero-order valence-corrected chi connectivity index (χ0v) is 13.6. The molecule has 0 aromatic heterocycles. The van der Waals surface area contributed by atoms with Crippen LogP contribution in [-0.2, 0) is 6.42 Å². The second-order valence-electron chi connectivity index (χ2n) is 7.03. The fourth-order valence-corrected chi connectivity index (χ4v) is 2.21. The summed E-state index contributed by atoms with van der Waals surface area (Å²) >= 11 is 0. The number of nitrogens with one attached hydrogen (secondary N) is 1. The Morgan fingerprint density at radius 1 is 1.05 bits per heavy atom. The summed E-state index contributed by atoms with van der Waals surface area (Å²) in [5.41, 5.74) is 4.54. The lowest BCUT2D eigenvalue weighted by molar-refractivity contribution is 0.386. The van der Waals surface area contributed by atoms with Gasteiger partial charge in [-0.3, -0.25) is 0 Å². The monoisotopic (exact) mass is 261 g/mol. The summed E-state index contributed by atoms with van der Waals surface area (Å²) in [6.45, 7) is 14.6. The van der Waals surface area contributed by atoms with E-state index in [1.165, 1.54) is 36.0 Å². The van der Waals surface area contributed by atoms with E-state index in [9.17, 15) is 0 Å². The molecule has 19 heavy (non-hydrogen) atoms. The molecule has 1 N–H and O–H groups in total. The molecule has 1 heteroatoms. The van der Waals surface area contributed by atoms with Crippen LogP contribution in [0.4, 0.5) is 0 Å². The molecule has 108 valence electrons. The highest BCUT2D eigenvalue weighted by Crippen LogP contribution is 2.15. The van der Waals surface area contributed by atoms with Gasteiger partial charge in [-0.05, 0) is 83.0 Å². The van der Waals surface area contributed by atoms with Crippen LogP contribution in [0.15, 0.2) is 18.2 Å². The van der Waals surface area contributed by atoms with Crippen molar-refractivity contribution >= 4 is 0 Å². The smallest absolute Gasteiger partial charge is 0.00965 e. The van der Waals surface area contributed by atoms with Crippen LogP contribution in [0.2, 0.25) is 0 Å². The number of aryl methyl sites for hydroxylation is 3. The molecule has 1 nitrogen and oxygen atoms in total. The fourth-order valence-electron chi connectivity index (χ4n) is 2.21. The molecule has 0 aliphatic heterocycles. The normalized spacial score (nSPS) is 13.6. The van der Waals surface area contributed by atoms with Crippen molar-refractivity contribution in [1.29, 1.82) is 0 Å². The molecule has 0 aliphatic carbocycles.